The Bertz CT molecular complexity index is 551. The predicted molar refractivity (Wildman–Crippen MR) is 69.8 cm³/mol. The molecule has 19 heavy (non-hydrogen) atoms. The number of hydrogen-bond donors (Lipinski definition) is 1. The van der Waals surface area contributed by atoms with Crippen LogP contribution in [-0.2, 0) is 6.54 Å². The number of nitrogens with one attached hydrogen (secondary N) is 1. The van der Waals surface area contributed by atoms with Crippen molar-refractivity contribution in [3.05, 3.63) is 53.4 Å². The van der Waals surface area contributed by atoms with Gasteiger partial charge in [-0.2, -0.15) is 5.10 Å². The van der Waals surface area contributed by atoms with Gasteiger partial charge in [0.25, 0.3) is 0 Å². The van der Waals surface area contributed by atoms with Gasteiger partial charge in [0.05, 0.1) is 11.7 Å². The smallest absolute Gasteiger partial charge is 0.163 e. The first-order valence-corrected chi connectivity index (χ1v) is 6.38. The van der Waals surface area contributed by atoms with Gasteiger partial charge in [0, 0.05) is 18.3 Å². The molecule has 0 radical (unpaired) electrons. The van der Waals surface area contributed by atoms with E-state index >= 15 is 0 Å². The Morgan fingerprint density at radius 1 is 1.26 bits per heavy atom. The van der Waals surface area contributed by atoms with Gasteiger partial charge in [-0.3, -0.25) is 4.68 Å². The standard InChI is InChI=1S/C14H17F2N3/c1-3-17-14(12-8-9-18-19(12)4-2)10-6-5-7-11(15)13(10)16/h5-9,14,17H,3-4H2,1-2H3. The number of hydrogen-bond acceptors (Lipinski definition) is 2. The molecule has 5 heteroatoms. The molecule has 1 unspecified atom stereocenters. The van der Waals surface area contributed by atoms with Crippen LogP contribution in [0.1, 0.15) is 31.1 Å². The molecule has 2 rings (SSSR count). The lowest BCUT2D eigenvalue weighted by atomic mass is 10.0. The summed E-state index contributed by atoms with van der Waals surface area (Å²) in [6.45, 7) is 5.22. The lowest BCUT2D eigenvalue weighted by Crippen LogP contribution is -2.26. The van der Waals surface area contributed by atoms with Crippen molar-refractivity contribution >= 4 is 0 Å². The molecular formula is C14H17F2N3. The highest BCUT2D eigenvalue weighted by atomic mass is 19.2. The van der Waals surface area contributed by atoms with Gasteiger partial charge in [0.2, 0.25) is 0 Å². The van der Waals surface area contributed by atoms with E-state index in [9.17, 15) is 8.78 Å². The minimum Gasteiger partial charge on any atom is -0.305 e. The Morgan fingerprint density at radius 2 is 2.05 bits per heavy atom. The molecule has 3 nitrogen and oxygen atoms in total. The maximum Gasteiger partial charge on any atom is 0.163 e. The normalized spacial score (nSPS) is 12.6. The summed E-state index contributed by atoms with van der Waals surface area (Å²) in [7, 11) is 0. The topological polar surface area (TPSA) is 29.9 Å². The average Bonchev–Trinajstić information content (AvgIpc) is 2.88. The summed E-state index contributed by atoms with van der Waals surface area (Å²) >= 11 is 0. The highest BCUT2D eigenvalue weighted by molar-refractivity contribution is 5.29. The van der Waals surface area contributed by atoms with Crippen LogP contribution in [-0.4, -0.2) is 16.3 Å². The zero-order valence-corrected chi connectivity index (χ0v) is 11.0. The maximum absolute atomic E-state index is 14.0. The van der Waals surface area contributed by atoms with Crippen LogP contribution in [0, 0.1) is 11.6 Å². The third-order valence-electron chi connectivity index (χ3n) is 3.05. The fourth-order valence-corrected chi connectivity index (χ4v) is 2.17. The number of rotatable bonds is 5. The minimum atomic E-state index is -0.831. The van der Waals surface area contributed by atoms with Crippen LogP contribution in [0.15, 0.2) is 30.5 Å². The second kappa shape index (κ2) is 5.93. The van der Waals surface area contributed by atoms with Gasteiger partial charge in [-0.15, -0.1) is 0 Å². The van der Waals surface area contributed by atoms with E-state index in [1.165, 1.54) is 6.07 Å². The first kappa shape index (κ1) is 13.7. The Morgan fingerprint density at radius 3 is 2.74 bits per heavy atom. The highest BCUT2D eigenvalue weighted by Gasteiger charge is 2.21. The molecule has 0 amide bonds. The van der Waals surface area contributed by atoms with Gasteiger partial charge >= 0.3 is 0 Å². The molecule has 1 aromatic carbocycles. The molecule has 102 valence electrons. The van der Waals surface area contributed by atoms with E-state index in [0.717, 1.165) is 11.8 Å². The van der Waals surface area contributed by atoms with Crippen molar-refractivity contribution in [3.63, 3.8) is 0 Å². The molecule has 1 aromatic heterocycles. The zero-order valence-electron chi connectivity index (χ0n) is 11.0. The molecule has 0 aliphatic carbocycles. The summed E-state index contributed by atoms with van der Waals surface area (Å²) in [5.41, 5.74) is 1.13. The molecule has 0 saturated carbocycles. The summed E-state index contributed by atoms with van der Waals surface area (Å²) in [4.78, 5) is 0. The third-order valence-corrected chi connectivity index (χ3v) is 3.05. The molecule has 2 aromatic rings. The Kier molecular flexibility index (Phi) is 4.27. The van der Waals surface area contributed by atoms with Crippen LogP contribution in [0.25, 0.3) is 0 Å². The molecule has 0 spiro atoms. The third kappa shape index (κ3) is 2.66. The van der Waals surface area contributed by atoms with Gasteiger partial charge < -0.3 is 5.32 Å². The van der Waals surface area contributed by atoms with Crippen LogP contribution >= 0.6 is 0 Å². The fourth-order valence-electron chi connectivity index (χ4n) is 2.17. The van der Waals surface area contributed by atoms with Crippen molar-refractivity contribution in [1.82, 2.24) is 15.1 Å². The Hall–Kier alpha value is -1.75. The first-order chi connectivity index (χ1) is 9.19. The van der Waals surface area contributed by atoms with Crippen molar-refractivity contribution in [2.75, 3.05) is 6.54 Å². The van der Waals surface area contributed by atoms with Gasteiger partial charge in [-0.05, 0) is 25.6 Å². The number of aromatic nitrogens is 2. The van der Waals surface area contributed by atoms with Crippen LogP contribution < -0.4 is 5.32 Å². The summed E-state index contributed by atoms with van der Waals surface area (Å²) in [6, 6.07) is 5.66. The molecule has 1 N–H and O–H groups in total. The Balaban J connectivity index is 2.48. The quantitative estimate of drug-likeness (QED) is 0.901. The van der Waals surface area contributed by atoms with E-state index in [2.05, 4.69) is 10.4 Å². The SMILES string of the molecule is CCNC(c1cccc(F)c1F)c1ccnn1CC. The lowest BCUT2D eigenvalue weighted by Gasteiger charge is -2.20. The van der Waals surface area contributed by atoms with Crippen molar-refractivity contribution in [2.45, 2.75) is 26.4 Å². The van der Waals surface area contributed by atoms with Gasteiger partial charge in [0.1, 0.15) is 0 Å². The zero-order chi connectivity index (χ0) is 13.8. The monoisotopic (exact) mass is 265 g/mol. The van der Waals surface area contributed by atoms with Crippen LogP contribution in [0.2, 0.25) is 0 Å². The molecule has 1 atom stereocenters. The number of benzene rings is 1. The first-order valence-electron chi connectivity index (χ1n) is 6.38. The van der Waals surface area contributed by atoms with E-state index < -0.39 is 17.7 Å². The molecular weight excluding hydrogens is 248 g/mol. The largest absolute Gasteiger partial charge is 0.305 e. The second-order valence-electron chi connectivity index (χ2n) is 4.21. The van der Waals surface area contributed by atoms with Crippen LogP contribution in [0.4, 0.5) is 8.78 Å². The molecule has 1 heterocycles. The summed E-state index contributed by atoms with van der Waals surface area (Å²) in [5.74, 6) is -1.64. The molecule has 0 aliphatic rings. The Labute approximate surface area is 111 Å². The summed E-state index contributed by atoms with van der Waals surface area (Å²) < 4.78 is 29.1. The molecule has 0 aliphatic heterocycles. The summed E-state index contributed by atoms with van der Waals surface area (Å²) in [6.07, 6.45) is 1.67. The predicted octanol–water partition coefficient (Wildman–Crippen LogP) is 2.88. The molecule has 0 saturated heterocycles. The van der Waals surface area contributed by atoms with Crippen molar-refractivity contribution in [2.24, 2.45) is 0 Å². The number of nitrogens with zero attached hydrogens (tertiary/aromatic N) is 2. The second-order valence-corrected chi connectivity index (χ2v) is 4.21. The van der Waals surface area contributed by atoms with Crippen molar-refractivity contribution < 1.29 is 8.78 Å². The van der Waals surface area contributed by atoms with Gasteiger partial charge in [0.15, 0.2) is 11.6 Å². The van der Waals surface area contributed by atoms with Crippen LogP contribution in [0.5, 0.6) is 0 Å². The fraction of sp³-hybridized carbons (Fsp3) is 0.357. The van der Waals surface area contributed by atoms with Crippen LogP contribution in [0.3, 0.4) is 0 Å². The maximum atomic E-state index is 14.0. The van der Waals surface area contributed by atoms with E-state index in [-0.39, 0.29) is 0 Å². The summed E-state index contributed by atoms with van der Waals surface area (Å²) in [5, 5.41) is 7.35. The van der Waals surface area contributed by atoms with Crippen molar-refractivity contribution in [3.8, 4) is 0 Å². The minimum absolute atomic E-state index is 0.303. The molecule has 0 bridgehead atoms. The van der Waals surface area contributed by atoms with Gasteiger partial charge in [-0.1, -0.05) is 19.1 Å². The van der Waals surface area contributed by atoms with Gasteiger partial charge in [-0.25, -0.2) is 8.78 Å². The van der Waals surface area contributed by atoms with E-state index in [0.29, 0.717) is 18.7 Å². The molecule has 0 fully saturated rings. The number of aryl methyl sites for hydroxylation is 1. The van der Waals surface area contributed by atoms with E-state index in [1.807, 2.05) is 19.9 Å². The highest BCUT2D eigenvalue weighted by Crippen LogP contribution is 2.25. The van der Waals surface area contributed by atoms with E-state index in [4.69, 9.17) is 0 Å². The van der Waals surface area contributed by atoms with Crippen molar-refractivity contribution in [1.29, 1.82) is 0 Å². The number of halogens is 2. The average molecular weight is 265 g/mol. The lowest BCUT2D eigenvalue weighted by molar-refractivity contribution is 0.471. The van der Waals surface area contributed by atoms with E-state index in [1.54, 1.807) is 16.9 Å².